The van der Waals surface area contributed by atoms with Crippen LogP contribution in [0.25, 0.3) is 16.8 Å². The highest BCUT2D eigenvalue weighted by molar-refractivity contribution is 5.98. The van der Waals surface area contributed by atoms with Crippen LogP contribution in [0.5, 0.6) is 5.88 Å². The number of nitrogens with zero attached hydrogens (tertiary/aromatic N) is 5. The summed E-state index contributed by atoms with van der Waals surface area (Å²) in [4.78, 5) is 34.0. The number of likely N-dealkylation sites (tertiary alicyclic amines) is 1. The van der Waals surface area contributed by atoms with Crippen molar-refractivity contribution in [3.05, 3.63) is 35.8 Å². The summed E-state index contributed by atoms with van der Waals surface area (Å²) >= 11 is 0. The Morgan fingerprint density at radius 2 is 1.93 bits per heavy atom. The quantitative estimate of drug-likeness (QED) is 0.393. The smallest absolute Gasteiger partial charge is 0.422 e. The molecule has 1 aliphatic heterocycles. The van der Waals surface area contributed by atoms with E-state index in [9.17, 15) is 35.9 Å². The standard InChI is InChI=1S/C25H25F6N7O4/c1-41-22-15(21(39)36-17-9-37(8-16(17)26)23(40)42-10-25(29,30)31)3-14(7-33-22)18-4-13(2-12-5-24(27,28)6-12)19-20(32)34-11-35-38(18)19/h3-4,7,11-12,16-17H,2,5-6,8-10H2,1H3,(H,36,39)(H2,32,34,35)/t16-,17?/m0/s1. The summed E-state index contributed by atoms with van der Waals surface area (Å²) in [6.07, 6.45) is -5.50. The fourth-order valence-electron chi connectivity index (χ4n) is 5.19. The van der Waals surface area contributed by atoms with Gasteiger partial charge in [-0.25, -0.2) is 32.4 Å². The van der Waals surface area contributed by atoms with Gasteiger partial charge in [0.05, 0.1) is 25.4 Å². The average molecular weight is 602 g/mol. The molecule has 2 aliphatic rings. The van der Waals surface area contributed by atoms with Crippen molar-refractivity contribution in [2.24, 2.45) is 5.92 Å². The number of amides is 2. The highest BCUT2D eigenvalue weighted by Gasteiger charge is 2.45. The minimum Gasteiger partial charge on any atom is -0.480 e. The second kappa shape index (κ2) is 10.8. The first-order valence-electron chi connectivity index (χ1n) is 12.7. The van der Waals surface area contributed by atoms with Crippen LogP contribution >= 0.6 is 0 Å². The van der Waals surface area contributed by atoms with Crippen molar-refractivity contribution in [3.63, 3.8) is 0 Å². The number of nitrogen functional groups attached to an aromatic ring is 1. The van der Waals surface area contributed by atoms with Crippen LogP contribution in [0.1, 0.15) is 28.8 Å². The fraction of sp³-hybridized carbons (Fsp3) is 0.480. The van der Waals surface area contributed by atoms with Gasteiger partial charge in [0.25, 0.3) is 5.91 Å². The van der Waals surface area contributed by atoms with Gasteiger partial charge in [-0.1, -0.05) is 0 Å². The van der Waals surface area contributed by atoms with Gasteiger partial charge in [0.2, 0.25) is 11.8 Å². The third-order valence-electron chi connectivity index (χ3n) is 7.11. The van der Waals surface area contributed by atoms with Crippen molar-refractivity contribution in [2.75, 3.05) is 32.5 Å². The van der Waals surface area contributed by atoms with E-state index in [1.165, 1.54) is 30.2 Å². The highest BCUT2D eigenvalue weighted by atomic mass is 19.4. The van der Waals surface area contributed by atoms with E-state index in [1.807, 2.05) is 0 Å². The Kier molecular flexibility index (Phi) is 7.53. The number of methoxy groups -OCH3 is 1. The summed E-state index contributed by atoms with van der Waals surface area (Å²) in [5.41, 5.74) is 7.82. The fourth-order valence-corrected chi connectivity index (χ4v) is 5.19. The number of nitrogens with one attached hydrogen (secondary N) is 1. The lowest BCUT2D eigenvalue weighted by Crippen LogP contribution is -2.42. The maximum Gasteiger partial charge on any atom is 0.422 e. The number of fused-ring (bicyclic) bond motifs is 1. The summed E-state index contributed by atoms with van der Waals surface area (Å²) in [7, 11) is 1.26. The molecule has 42 heavy (non-hydrogen) atoms. The molecule has 1 saturated carbocycles. The third-order valence-corrected chi connectivity index (χ3v) is 7.11. The van der Waals surface area contributed by atoms with Gasteiger partial charge in [0, 0.05) is 31.1 Å². The van der Waals surface area contributed by atoms with Crippen LogP contribution in [0.2, 0.25) is 0 Å². The Balaban J connectivity index is 1.38. The molecule has 0 aromatic carbocycles. The van der Waals surface area contributed by atoms with Gasteiger partial charge in [-0.2, -0.15) is 18.3 Å². The van der Waals surface area contributed by atoms with Gasteiger partial charge in [-0.05, 0) is 30.0 Å². The Hall–Kier alpha value is -4.31. The molecule has 1 saturated heterocycles. The largest absolute Gasteiger partial charge is 0.480 e. The molecule has 2 amide bonds. The van der Waals surface area contributed by atoms with E-state index in [0.717, 1.165) is 4.90 Å². The van der Waals surface area contributed by atoms with Crippen LogP contribution in [0, 0.1) is 5.92 Å². The normalized spacial score (nSPS) is 20.4. The molecule has 17 heteroatoms. The molecule has 1 aliphatic carbocycles. The Morgan fingerprint density at radius 3 is 2.60 bits per heavy atom. The van der Waals surface area contributed by atoms with Crippen molar-refractivity contribution in [1.82, 2.24) is 29.8 Å². The molecule has 0 radical (unpaired) electrons. The van der Waals surface area contributed by atoms with E-state index in [4.69, 9.17) is 10.5 Å². The van der Waals surface area contributed by atoms with Crippen molar-refractivity contribution in [1.29, 1.82) is 0 Å². The summed E-state index contributed by atoms with van der Waals surface area (Å²) < 4.78 is 89.5. The second-order valence-electron chi connectivity index (χ2n) is 10.2. The topological polar surface area (TPSA) is 137 Å². The number of rotatable bonds is 7. The van der Waals surface area contributed by atoms with Gasteiger partial charge in [0.15, 0.2) is 12.4 Å². The number of ether oxygens (including phenoxy) is 2. The molecule has 11 nitrogen and oxygen atoms in total. The van der Waals surface area contributed by atoms with E-state index >= 15 is 0 Å². The molecule has 226 valence electrons. The van der Waals surface area contributed by atoms with E-state index in [-0.39, 0.29) is 36.0 Å². The lowest BCUT2D eigenvalue weighted by atomic mass is 9.77. The molecule has 0 spiro atoms. The molecule has 5 rings (SSSR count). The number of pyridine rings is 1. The van der Waals surface area contributed by atoms with E-state index < -0.39 is 56.0 Å². The number of carbonyl (C=O) groups is 2. The zero-order valence-corrected chi connectivity index (χ0v) is 22.0. The first kappa shape index (κ1) is 29.2. The summed E-state index contributed by atoms with van der Waals surface area (Å²) in [5, 5.41) is 6.66. The predicted octanol–water partition coefficient (Wildman–Crippen LogP) is 3.42. The van der Waals surface area contributed by atoms with Crippen LogP contribution in [0.15, 0.2) is 24.7 Å². The SMILES string of the molecule is COc1ncc(-c2cc(CC3CC(F)(F)C3)c3c(N)ncnn23)cc1C(=O)NC1CN(C(=O)OCC(F)(F)F)C[C@@H]1F. The zero-order valence-electron chi connectivity index (χ0n) is 22.0. The minimum atomic E-state index is -4.75. The lowest BCUT2D eigenvalue weighted by Gasteiger charge is -2.34. The van der Waals surface area contributed by atoms with Crippen LogP contribution in [0.4, 0.5) is 37.0 Å². The molecule has 2 atom stereocenters. The second-order valence-corrected chi connectivity index (χ2v) is 10.2. The van der Waals surface area contributed by atoms with E-state index in [2.05, 4.69) is 25.1 Å². The van der Waals surface area contributed by atoms with Crippen LogP contribution in [-0.4, -0.2) is 87.6 Å². The van der Waals surface area contributed by atoms with Crippen LogP contribution < -0.4 is 15.8 Å². The van der Waals surface area contributed by atoms with Gasteiger partial charge in [-0.3, -0.25) is 4.79 Å². The molecular weight excluding hydrogens is 576 g/mol. The number of halogens is 6. The Labute approximate surface area is 234 Å². The zero-order chi connectivity index (χ0) is 30.4. The van der Waals surface area contributed by atoms with Gasteiger partial charge in [0.1, 0.15) is 23.6 Å². The van der Waals surface area contributed by atoms with Crippen molar-refractivity contribution < 1.29 is 45.4 Å². The Bertz CT molecular complexity index is 1510. The molecule has 3 N–H and O–H groups in total. The number of nitrogens with two attached hydrogens (primary N) is 1. The first-order valence-corrected chi connectivity index (χ1v) is 12.7. The van der Waals surface area contributed by atoms with Gasteiger partial charge < -0.3 is 25.4 Å². The van der Waals surface area contributed by atoms with Crippen molar-refractivity contribution in [2.45, 2.75) is 43.6 Å². The summed E-state index contributed by atoms with van der Waals surface area (Å²) in [6.45, 7) is -2.84. The van der Waals surface area contributed by atoms with Crippen LogP contribution in [0.3, 0.4) is 0 Å². The number of hydrogen-bond donors (Lipinski definition) is 2. The summed E-state index contributed by atoms with van der Waals surface area (Å²) in [5.74, 6) is -3.78. The molecular formula is C25H25F6N7O4. The number of anilines is 1. The molecule has 1 unspecified atom stereocenters. The number of aromatic nitrogens is 4. The highest BCUT2D eigenvalue weighted by Crippen LogP contribution is 2.45. The molecule has 3 aromatic rings. The number of alkyl halides is 6. The average Bonchev–Trinajstić information content (AvgIpc) is 3.46. The van der Waals surface area contributed by atoms with Crippen molar-refractivity contribution in [3.8, 4) is 17.1 Å². The molecule has 3 aromatic heterocycles. The predicted molar refractivity (Wildman–Crippen MR) is 134 cm³/mol. The van der Waals surface area contributed by atoms with Gasteiger partial charge in [-0.15, -0.1) is 0 Å². The lowest BCUT2D eigenvalue weighted by molar-refractivity contribution is -0.162. The molecule has 2 fully saturated rings. The monoisotopic (exact) mass is 601 g/mol. The van der Waals surface area contributed by atoms with Crippen molar-refractivity contribution >= 4 is 23.3 Å². The molecule has 0 bridgehead atoms. The maximum absolute atomic E-state index is 14.7. The Morgan fingerprint density at radius 1 is 1.19 bits per heavy atom. The summed E-state index contributed by atoms with van der Waals surface area (Å²) in [6, 6.07) is 1.85. The van der Waals surface area contributed by atoms with Crippen LogP contribution in [-0.2, 0) is 11.2 Å². The number of hydrogen-bond acceptors (Lipinski definition) is 8. The van der Waals surface area contributed by atoms with E-state index in [1.54, 1.807) is 6.07 Å². The minimum absolute atomic E-state index is 0.113. The first-order chi connectivity index (χ1) is 19.7. The number of carbonyl (C=O) groups excluding carboxylic acids is 2. The van der Waals surface area contributed by atoms with Gasteiger partial charge >= 0.3 is 12.3 Å². The third kappa shape index (κ3) is 5.99. The molecule has 4 heterocycles. The van der Waals surface area contributed by atoms with E-state index in [0.29, 0.717) is 28.8 Å². The maximum atomic E-state index is 14.7.